The highest BCUT2D eigenvalue weighted by Crippen LogP contribution is 2.20. The summed E-state index contributed by atoms with van der Waals surface area (Å²) >= 11 is 0. The van der Waals surface area contributed by atoms with E-state index in [-0.39, 0.29) is 65.9 Å². The molecule has 13 heteroatoms. The Bertz CT molecular complexity index is 1640. The lowest BCUT2D eigenvalue weighted by molar-refractivity contribution is -0.139. The standard InChI is InChI=1S/C18H26O2.C14H26N2O2.C13H26N2O2.C12H23NO2/c1-13(2)5-11-17(19)15-7-9-16(10-8-15)18(20)12-6-14(3)4;1-10(2)8-13(17)16-7-5-6-12(16)14(18)15-9-11(3)4;1-9(2)5-6-12(16)11(8-14)15-13(17)7-10(3)4;1-9(2)5-6-11(14)8-13-12(15)7-10(3)4/h7-10,13-14H,5-6,11-12H2,1-4H3;10-12H,5-9H2,1-4H3,(H,15,18);9-11H,5-8,14H2,1-4H3,(H,15,17);9-10H,5-8H2,1-4H3,(H,13,15)/t;12-;;/m.0../s1. The normalized spacial score (nSPS) is 13.7. The monoisotopic (exact) mass is 984 g/mol. The van der Waals surface area contributed by atoms with Gasteiger partial charge in [-0.05, 0) is 85.9 Å². The van der Waals surface area contributed by atoms with Gasteiger partial charge in [-0.25, -0.2) is 0 Å². The van der Waals surface area contributed by atoms with Crippen LogP contribution in [0, 0.1) is 47.3 Å². The number of ketones is 4. The van der Waals surface area contributed by atoms with Gasteiger partial charge in [0.2, 0.25) is 23.6 Å². The van der Waals surface area contributed by atoms with Gasteiger partial charge in [-0.15, -0.1) is 0 Å². The zero-order chi connectivity index (χ0) is 54.1. The summed E-state index contributed by atoms with van der Waals surface area (Å²) in [4.78, 5) is 95.7. The summed E-state index contributed by atoms with van der Waals surface area (Å²) in [7, 11) is 0. The minimum atomic E-state index is -0.514. The minimum Gasteiger partial charge on any atom is -0.354 e. The van der Waals surface area contributed by atoms with Crippen molar-refractivity contribution in [3.8, 4) is 0 Å². The van der Waals surface area contributed by atoms with Crippen LogP contribution in [-0.2, 0) is 28.8 Å². The third-order valence-electron chi connectivity index (χ3n) is 11.2. The largest absolute Gasteiger partial charge is 0.354 e. The highest BCUT2D eigenvalue weighted by molar-refractivity contribution is 5.99. The molecule has 1 aliphatic heterocycles. The van der Waals surface area contributed by atoms with Crippen molar-refractivity contribution in [3.05, 3.63) is 35.4 Å². The molecule has 70 heavy (non-hydrogen) atoms. The van der Waals surface area contributed by atoms with E-state index in [0.717, 1.165) is 45.1 Å². The Morgan fingerprint density at radius 3 is 1.39 bits per heavy atom. The average molecular weight is 984 g/mol. The van der Waals surface area contributed by atoms with Crippen molar-refractivity contribution in [2.45, 2.75) is 206 Å². The summed E-state index contributed by atoms with van der Waals surface area (Å²) in [6.07, 6.45) is 8.99. The van der Waals surface area contributed by atoms with Crippen LogP contribution < -0.4 is 21.7 Å². The van der Waals surface area contributed by atoms with Crippen LogP contribution >= 0.6 is 0 Å². The predicted octanol–water partition coefficient (Wildman–Crippen LogP) is 10.4. The summed E-state index contributed by atoms with van der Waals surface area (Å²) in [5, 5.41) is 8.29. The first kappa shape index (κ1) is 67.8. The number of nitrogens with zero attached hydrogens (tertiary/aromatic N) is 1. The number of benzene rings is 1. The lowest BCUT2D eigenvalue weighted by atomic mass is 9.98. The number of carbonyl (C=O) groups excluding carboxylic acids is 8. The molecule has 1 aliphatic rings. The first-order valence-electron chi connectivity index (χ1n) is 26.6. The summed E-state index contributed by atoms with van der Waals surface area (Å²) in [6.45, 7) is 34.7. The molecule has 4 amide bonds. The van der Waals surface area contributed by atoms with Crippen LogP contribution in [0.1, 0.15) is 215 Å². The Hall–Kier alpha value is -4.26. The number of nitrogens with two attached hydrogens (primary N) is 1. The fourth-order valence-electron chi connectivity index (χ4n) is 6.88. The van der Waals surface area contributed by atoms with E-state index in [1.807, 2.05) is 41.5 Å². The second-order valence-electron chi connectivity index (χ2n) is 22.5. The first-order chi connectivity index (χ1) is 32.6. The number of hydrogen-bond donors (Lipinski definition) is 4. The maximum atomic E-state index is 12.1. The summed E-state index contributed by atoms with van der Waals surface area (Å²) in [6, 6.07) is 6.38. The smallest absolute Gasteiger partial charge is 0.242 e. The van der Waals surface area contributed by atoms with E-state index >= 15 is 0 Å². The van der Waals surface area contributed by atoms with E-state index in [2.05, 4.69) is 85.2 Å². The lowest BCUT2D eigenvalue weighted by Crippen LogP contribution is -2.46. The molecule has 2 atom stereocenters. The molecule has 1 unspecified atom stereocenters. The fraction of sp³-hybridized carbons (Fsp3) is 0.754. The van der Waals surface area contributed by atoms with Crippen molar-refractivity contribution in [1.82, 2.24) is 20.9 Å². The first-order valence-corrected chi connectivity index (χ1v) is 26.6. The molecule has 1 aromatic carbocycles. The molecular formula is C57H101N5O8. The van der Waals surface area contributed by atoms with E-state index in [1.54, 1.807) is 29.2 Å². The van der Waals surface area contributed by atoms with Gasteiger partial charge in [0.15, 0.2) is 23.1 Å². The van der Waals surface area contributed by atoms with Gasteiger partial charge >= 0.3 is 0 Å². The zero-order valence-corrected chi connectivity index (χ0v) is 46.9. The number of Topliss-reactive ketones (excluding diaryl/α,β-unsaturated/α-hetero) is 4. The molecule has 0 aliphatic carbocycles. The Balaban J connectivity index is 0. The molecule has 1 heterocycles. The number of amides is 4. The molecule has 1 aromatic rings. The van der Waals surface area contributed by atoms with Crippen LogP contribution in [0.25, 0.3) is 0 Å². The lowest BCUT2D eigenvalue weighted by Gasteiger charge is -2.25. The summed E-state index contributed by atoms with van der Waals surface area (Å²) in [5.41, 5.74) is 6.95. The second kappa shape index (κ2) is 38.4. The van der Waals surface area contributed by atoms with Crippen molar-refractivity contribution in [2.24, 2.45) is 53.1 Å². The third-order valence-corrected chi connectivity index (χ3v) is 11.2. The number of hydrogen-bond acceptors (Lipinski definition) is 9. The average Bonchev–Trinajstić information content (AvgIpc) is 3.77. The van der Waals surface area contributed by atoms with Crippen LogP contribution in [0.4, 0.5) is 0 Å². The van der Waals surface area contributed by atoms with E-state index in [9.17, 15) is 38.4 Å². The Morgan fingerprint density at radius 1 is 0.543 bits per heavy atom. The predicted molar refractivity (Wildman–Crippen MR) is 286 cm³/mol. The third kappa shape index (κ3) is 35.8. The molecule has 0 aromatic heterocycles. The van der Waals surface area contributed by atoms with Gasteiger partial charge in [0.1, 0.15) is 6.04 Å². The van der Waals surface area contributed by atoms with Crippen LogP contribution in [0.15, 0.2) is 24.3 Å². The van der Waals surface area contributed by atoms with Crippen molar-refractivity contribution >= 4 is 46.8 Å². The van der Waals surface area contributed by atoms with Gasteiger partial charge in [-0.3, -0.25) is 38.4 Å². The van der Waals surface area contributed by atoms with Gasteiger partial charge in [0, 0.05) is 75.7 Å². The summed E-state index contributed by atoms with van der Waals surface area (Å²) < 4.78 is 0. The molecule has 1 saturated heterocycles. The number of nitrogens with one attached hydrogen (secondary N) is 3. The highest BCUT2D eigenvalue weighted by atomic mass is 16.2. The van der Waals surface area contributed by atoms with Crippen LogP contribution in [0.2, 0.25) is 0 Å². The Labute approximate surface area is 425 Å². The van der Waals surface area contributed by atoms with Gasteiger partial charge in [0.05, 0.1) is 12.6 Å². The molecule has 0 bridgehead atoms. The molecule has 0 spiro atoms. The second-order valence-corrected chi connectivity index (χ2v) is 22.5. The van der Waals surface area contributed by atoms with E-state index < -0.39 is 6.04 Å². The summed E-state index contributed by atoms with van der Waals surface area (Å²) in [5.74, 6) is 4.04. The Kier molecular flexibility index (Phi) is 37.2. The molecule has 1 fully saturated rings. The maximum absolute atomic E-state index is 12.1. The van der Waals surface area contributed by atoms with Gasteiger partial charge < -0.3 is 26.6 Å². The maximum Gasteiger partial charge on any atom is 0.242 e. The molecule has 0 radical (unpaired) electrons. The van der Waals surface area contributed by atoms with E-state index in [1.165, 1.54) is 0 Å². The zero-order valence-electron chi connectivity index (χ0n) is 46.9. The molecule has 0 saturated carbocycles. The number of likely N-dealkylation sites (tertiary alicyclic amines) is 1. The highest BCUT2D eigenvalue weighted by Gasteiger charge is 2.34. The van der Waals surface area contributed by atoms with Crippen molar-refractivity contribution in [3.63, 3.8) is 0 Å². The van der Waals surface area contributed by atoms with E-state index in [0.29, 0.717) is 110 Å². The van der Waals surface area contributed by atoms with Gasteiger partial charge in [0.25, 0.3) is 0 Å². The molecule has 5 N–H and O–H groups in total. The molecule has 13 nitrogen and oxygen atoms in total. The van der Waals surface area contributed by atoms with Crippen molar-refractivity contribution in [2.75, 3.05) is 26.2 Å². The van der Waals surface area contributed by atoms with Crippen molar-refractivity contribution < 1.29 is 38.4 Å². The fourth-order valence-corrected chi connectivity index (χ4v) is 6.88. The van der Waals surface area contributed by atoms with E-state index in [4.69, 9.17) is 5.73 Å². The SMILES string of the molecule is CC(C)CCC(=O)C(CN)NC(=O)CC(C)C.CC(C)CCC(=O)CNC(=O)CC(C)C.CC(C)CCC(=O)c1ccc(C(=O)CCC(C)C)cc1.CC(C)CNC(=O)[C@@H]1CCCN1C(=O)CC(C)C. The quantitative estimate of drug-likeness (QED) is 0.0590. The number of carbonyl (C=O) groups is 8. The van der Waals surface area contributed by atoms with Crippen LogP contribution in [-0.4, -0.2) is 89.9 Å². The van der Waals surface area contributed by atoms with Crippen LogP contribution in [0.5, 0.6) is 0 Å². The topological polar surface area (TPSA) is 202 Å². The van der Waals surface area contributed by atoms with Gasteiger partial charge in [-0.1, -0.05) is 135 Å². The molecule has 2 rings (SSSR count). The molecular weight excluding hydrogens is 883 g/mol. The molecule has 402 valence electrons. The number of rotatable bonds is 28. The van der Waals surface area contributed by atoms with Crippen molar-refractivity contribution in [1.29, 1.82) is 0 Å². The Morgan fingerprint density at radius 2 is 0.971 bits per heavy atom. The van der Waals surface area contributed by atoms with Crippen LogP contribution in [0.3, 0.4) is 0 Å². The minimum absolute atomic E-state index is 0.0123. The van der Waals surface area contributed by atoms with Gasteiger partial charge in [-0.2, -0.15) is 0 Å².